The second-order valence-electron chi connectivity index (χ2n) is 7.52. The number of piperazine rings is 1. The standard InChI is InChI=1S/C19H23F2N3O3S/c1-13-18(22-19(27-13)16-10-14(20)2-3-17(16)21)11-23-5-7-24(8-6-23)15-4-9-28(25,26)12-15/h2-3,10,15H,4-9,11-12H2,1H3/t15-/m1/s1. The van der Waals surface area contributed by atoms with Crippen molar-refractivity contribution in [2.75, 3.05) is 37.7 Å². The zero-order valence-electron chi connectivity index (χ0n) is 15.7. The summed E-state index contributed by atoms with van der Waals surface area (Å²) >= 11 is 0. The van der Waals surface area contributed by atoms with E-state index in [1.807, 2.05) is 0 Å². The van der Waals surface area contributed by atoms with Crippen LogP contribution in [0.2, 0.25) is 0 Å². The molecule has 3 heterocycles. The molecule has 0 spiro atoms. The van der Waals surface area contributed by atoms with Crippen LogP contribution >= 0.6 is 0 Å². The fourth-order valence-corrected chi connectivity index (χ4v) is 5.67. The molecule has 0 radical (unpaired) electrons. The molecule has 4 rings (SSSR count). The van der Waals surface area contributed by atoms with Crippen LogP contribution in [0.3, 0.4) is 0 Å². The molecule has 2 saturated heterocycles. The summed E-state index contributed by atoms with van der Waals surface area (Å²) in [6.45, 7) is 5.54. The minimum Gasteiger partial charge on any atom is -0.441 e. The minimum absolute atomic E-state index is 0.0154. The summed E-state index contributed by atoms with van der Waals surface area (Å²) in [4.78, 5) is 8.86. The zero-order chi connectivity index (χ0) is 19.9. The largest absolute Gasteiger partial charge is 0.441 e. The van der Waals surface area contributed by atoms with Crippen LogP contribution < -0.4 is 0 Å². The van der Waals surface area contributed by atoms with Crippen LogP contribution in [0.15, 0.2) is 22.6 Å². The lowest BCUT2D eigenvalue weighted by Gasteiger charge is -2.37. The lowest BCUT2D eigenvalue weighted by Crippen LogP contribution is -2.50. The number of nitrogens with zero attached hydrogens (tertiary/aromatic N) is 3. The van der Waals surface area contributed by atoms with E-state index < -0.39 is 21.5 Å². The van der Waals surface area contributed by atoms with Gasteiger partial charge in [-0.2, -0.15) is 0 Å². The monoisotopic (exact) mass is 411 g/mol. The van der Waals surface area contributed by atoms with Crippen molar-refractivity contribution >= 4 is 9.84 Å². The van der Waals surface area contributed by atoms with Gasteiger partial charge in [0.05, 0.1) is 22.8 Å². The topological polar surface area (TPSA) is 66.7 Å². The van der Waals surface area contributed by atoms with Crippen LogP contribution in [0, 0.1) is 18.6 Å². The van der Waals surface area contributed by atoms with Gasteiger partial charge in [-0.15, -0.1) is 0 Å². The van der Waals surface area contributed by atoms with E-state index in [0.29, 0.717) is 24.4 Å². The average Bonchev–Trinajstić information content (AvgIpc) is 3.20. The van der Waals surface area contributed by atoms with E-state index >= 15 is 0 Å². The molecule has 2 fully saturated rings. The van der Waals surface area contributed by atoms with Crippen LogP contribution in [-0.2, 0) is 16.4 Å². The Kier molecular flexibility index (Phi) is 5.24. The summed E-state index contributed by atoms with van der Waals surface area (Å²) in [5, 5.41) is 0. The highest BCUT2D eigenvalue weighted by molar-refractivity contribution is 7.91. The molecule has 9 heteroatoms. The molecule has 28 heavy (non-hydrogen) atoms. The van der Waals surface area contributed by atoms with Crippen LogP contribution in [0.25, 0.3) is 11.5 Å². The molecule has 0 bridgehead atoms. The van der Waals surface area contributed by atoms with E-state index in [-0.39, 0.29) is 29.0 Å². The van der Waals surface area contributed by atoms with E-state index in [1.54, 1.807) is 6.92 Å². The Hall–Kier alpha value is -1.84. The molecule has 152 valence electrons. The van der Waals surface area contributed by atoms with Crippen molar-refractivity contribution in [2.45, 2.75) is 25.9 Å². The Balaban J connectivity index is 1.39. The Bertz CT molecular complexity index is 969. The van der Waals surface area contributed by atoms with Gasteiger partial charge in [0.1, 0.15) is 17.4 Å². The van der Waals surface area contributed by atoms with Gasteiger partial charge < -0.3 is 4.42 Å². The maximum Gasteiger partial charge on any atom is 0.229 e. The summed E-state index contributed by atoms with van der Waals surface area (Å²) in [7, 11) is -2.88. The predicted octanol–water partition coefficient (Wildman–Crippen LogP) is 2.23. The third-order valence-corrected chi connectivity index (χ3v) is 7.31. The van der Waals surface area contributed by atoms with Gasteiger partial charge in [0.15, 0.2) is 9.84 Å². The van der Waals surface area contributed by atoms with Gasteiger partial charge in [0, 0.05) is 38.8 Å². The maximum atomic E-state index is 14.0. The second-order valence-corrected chi connectivity index (χ2v) is 9.74. The van der Waals surface area contributed by atoms with Crippen molar-refractivity contribution in [1.82, 2.24) is 14.8 Å². The van der Waals surface area contributed by atoms with Gasteiger partial charge in [-0.3, -0.25) is 9.80 Å². The highest BCUT2D eigenvalue weighted by Gasteiger charge is 2.33. The number of aromatic nitrogens is 1. The Labute approximate surface area is 163 Å². The van der Waals surface area contributed by atoms with Crippen molar-refractivity contribution in [3.8, 4) is 11.5 Å². The summed E-state index contributed by atoms with van der Waals surface area (Å²) in [6, 6.07) is 3.33. The van der Waals surface area contributed by atoms with Gasteiger partial charge >= 0.3 is 0 Å². The molecule has 1 aromatic carbocycles. The first-order valence-corrected chi connectivity index (χ1v) is 11.2. The van der Waals surface area contributed by atoms with Crippen molar-refractivity contribution in [2.24, 2.45) is 0 Å². The van der Waals surface area contributed by atoms with Crippen LogP contribution in [0.4, 0.5) is 8.78 Å². The summed E-state index contributed by atoms with van der Waals surface area (Å²) in [5.74, 6) is 0.100. The number of halogens is 2. The van der Waals surface area contributed by atoms with Crippen LogP contribution in [-0.4, -0.2) is 66.9 Å². The fourth-order valence-electron chi connectivity index (χ4n) is 3.91. The number of benzene rings is 1. The van der Waals surface area contributed by atoms with E-state index in [2.05, 4.69) is 14.8 Å². The number of oxazole rings is 1. The smallest absolute Gasteiger partial charge is 0.229 e. The van der Waals surface area contributed by atoms with Crippen molar-refractivity contribution < 1.29 is 21.6 Å². The third-order valence-electron chi connectivity index (χ3n) is 5.56. The molecule has 1 atom stereocenters. The Morgan fingerprint density at radius 2 is 1.96 bits per heavy atom. The van der Waals surface area contributed by atoms with E-state index in [1.165, 1.54) is 0 Å². The molecule has 6 nitrogen and oxygen atoms in total. The molecular weight excluding hydrogens is 388 g/mol. The van der Waals surface area contributed by atoms with Gasteiger partial charge in [-0.1, -0.05) is 0 Å². The summed E-state index contributed by atoms with van der Waals surface area (Å²) < 4.78 is 56.4. The van der Waals surface area contributed by atoms with Crippen LogP contribution in [0.1, 0.15) is 17.9 Å². The number of rotatable bonds is 4. The SMILES string of the molecule is Cc1oc(-c2cc(F)ccc2F)nc1CN1CCN([C@@H]2CCS(=O)(=O)C2)CC1. The first-order chi connectivity index (χ1) is 13.3. The summed E-state index contributed by atoms with van der Waals surface area (Å²) in [5.41, 5.74) is 0.720. The second kappa shape index (κ2) is 7.53. The Morgan fingerprint density at radius 1 is 1.21 bits per heavy atom. The number of hydrogen-bond donors (Lipinski definition) is 0. The van der Waals surface area contributed by atoms with Gasteiger partial charge in [0.2, 0.25) is 5.89 Å². The molecule has 0 N–H and O–H groups in total. The quantitative estimate of drug-likeness (QED) is 0.769. The van der Waals surface area contributed by atoms with Crippen molar-refractivity contribution in [3.05, 3.63) is 41.3 Å². The molecule has 0 unspecified atom stereocenters. The third kappa shape index (κ3) is 4.11. The predicted molar refractivity (Wildman–Crippen MR) is 101 cm³/mol. The van der Waals surface area contributed by atoms with E-state index in [4.69, 9.17) is 4.42 Å². The molecule has 2 aliphatic rings. The first-order valence-electron chi connectivity index (χ1n) is 9.39. The molecular formula is C19H23F2N3O3S. The zero-order valence-corrected chi connectivity index (χ0v) is 16.5. The maximum absolute atomic E-state index is 14.0. The highest BCUT2D eigenvalue weighted by atomic mass is 32.2. The van der Waals surface area contributed by atoms with Gasteiger partial charge in [-0.05, 0) is 31.5 Å². The van der Waals surface area contributed by atoms with Crippen molar-refractivity contribution in [1.29, 1.82) is 0 Å². The highest BCUT2D eigenvalue weighted by Crippen LogP contribution is 2.26. The molecule has 2 aliphatic heterocycles. The number of aryl methyl sites for hydroxylation is 1. The van der Waals surface area contributed by atoms with Crippen molar-refractivity contribution in [3.63, 3.8) is 0 Å². The minimum atomic E-state index is -2.88. The number of sulfone groups is 1. The summed E-state index contributed by atoms with van der Waals surface area (Å²) in [6.07, 6.45) is 0.716. The molecule has 0 aliphatic carbocycles. The van der Waals surface area contributed by atoms with Gasteiger partial charge in [-0.25, -0.2) is 22.2 Å². The van der Waals surface area contributed by atoms with Crippen LogP contribution in [0.5, 0.6) is 0 Å². The Morgan fingerprint density at radius 3 is 2.64 bits per heavy atom. The normalized spacial score (nSPS) is 23.3. The van der Waals surface area contributed by atoms with Gasteiger partial charge in [0.25, 0.3) is 0 Å². The molecule has 1 aromatic heterocycles. The lowest BCUT2D eigenvalue weighted by molar-refractivity contribution is 0.0990. The molecule has 0 amide bonds. The lowest BCUT2D eigenvalue weighted by atomic mass is 10.2. The fraction of sp³-hybridized carbons (Fsp3) is 0.526. The molecule has 2 aromatic rings. The van der Waals surface area contributed by atoms with E-state index in [9.17, 15) is 17.2 Å². The average molecular weight is 411 g/mol. The first kappa shape index (κ1) is 19.5. The molecule has 0 saturated carbocycles. The van der Waals surface area contributed by atoms with E-state index in [0.717, 1.165) is 44.4 Å². The number of hydrogen-bond acceptors (Lipinski definition) is 6.